The van der Waals surface area contributed by atoms with Crippen LogP contribution < -0.4 is 0 Å². The van der Waals surface area contributed by atoms with Crippen LogP contribution in [0.4, 0.5) is 8.78 Å². The number of ether oxygens (including phenoxy) is 3. The molecule has 12 heteroatoms. The third kappa shape index (κ3) is 3.73. The van der Waals surface area contributed by atoms with Crippen LogP contribution in [0.5, 0.6) is 0 Å². The molecule has 0 spiro atoms. The second-order valence-corrected chi connectivity index (χ2v) is 8.34. The van der Waals surface area contributed by atoms with Gasteiger partial charge >= 0.3 is 5.97 Å². The minimum Gasteiger partial charge on any atom is -0.479 e. The van der Waals surface area contributed by atoms with Gasteiger partial charge in [0.1, 0.15) is 41.7 Å². The maximum Gasteiger partial charge on any atom is 0.335 e. The number of carbonyl (C=O) groups is 1. The summed E-state index contributed by atoms with van der Waals surface area (Å²) >= 11 is 2.81. The molecule has 3 heterocycles. The van der Waals surface area contributed by atoms with Gasteiger partial charge in [-0.25, -0.2) is 18.3 Å². The van der Waals surface area contributed by atoms with Crippen LogP contribution in [0.25, 0.3) is 11.3 Å². The largest absolute Gasteiger partial charge is 0.479 e. The molecule has 1 aromatic heterocycles. The first-order valence-corrected chi connectivity index (χ1v) is 9.81. The van der Waals surface area contributed by atoms with Gasteiger partial charge in [-0.2, -0.15) is 0 Å². The SMILES string of the molecule is CC1(C)OC[C@H]2O[C@@H](C(=O)O)[C@H](O)[C@@H](n3cc(-c4cc(F)c(Br)c(F)c4)nn3)[C@H]2O1. The Kier molecular flexibility index (Phi) is 5.39. The third-order valence-electron chi connectivity index (χ3n) is 5.04. The Hall–Kier alpha value is -1.99. The van der Waals surface area contributed by atoms with Crippen molar-refractivity contribution in [1.29, 1.82) is 0 Å². The summed E-state index contributed by atoms with van der Waals surface area (Å²) in [5.74, 6) is -3.98. The van der Waals surface area contributed by atoms with Gasteiger partial charge in [0.2, 0.25) is 0 Å². The number of aliphatic hydroxyl groups is 1. The topological polar surface area (TPSA) is 116 Å². The molecule has 0 saturated carbocycles. The number of rotatable bonds is 3. The molecular formula is C18H18BrF2N3O6. The Morgan fingerprint density at radius 3 is 2.63 bits per heavy atom. The van der Waals surface area contributed by atoms with Crippen LogP contribution in [0.2, 0.25) is 0 Å². The normalized spacial score (nSPS) is 30.7. The van der Waals surface area contributed by atoms with E-state index in [1.54, 1.807) is 13.8 Å². The lowest BCUT2D eigenvalue weighted by molar-refractivity contribution is -0.346. The van der Waals surface area contributed by atoms with E-state index in [1.165, 1.54) is 10.9 Å². The fourth-order valence-electron chi connectivity index (χ4n) is 3.63. The number of benzene rings is 1. The lowest BCUT2D eigenvalue weighted by Crippen LogP contribution is -2.63. The molecule has 9 nitrogen and oxygen atoms in total. The molecule has 0 aliphatic carbocycles. The van der Waals surface area contributed by atoms with E-state index in [2.05, 4.69) is 26.2 Å². The van der Waals surface area contributed by atoms with E-state index < -0.39 is 53.8 Å². The molecule has 4 rings (SSSR count). The first-order chi connectivity index (χ1) is 14.1. The molecule has 1 aromatic carbocycles. The fourth-order valence-corrected chi connectivity index (χ4v) is 3.86. The van der Waals surface area contributed by atoms with Crippen LogP contribution in [0.15, 0.2) is 22.8 Å². The van der Waals surface area contributed by atoms with Gasteiger partial charge in [0, 0.05) is 5.56 Å². The number of aromatic nitrogens is 3. The summed E-state index contributed by atoms with van der Waals surface area (Å²) in [6.07, 6.45) is -3.27. The van der Waals surface area contributed by atoms with Crippen molar-refractivity contribution < 1.29 is 38.0 Å². The fraction of sp³-hybridized carbons (Fsp3) is 0.500. The molecule has 5 atom stereocenters. The number of halogens is 3. The van der Waals surface area contributed by atoms with Gasteiger partial charge in [0.15, 0.2) is 11.9 Å². The Balaban J connectivity index is 1.72. The van der Waals surface area contributed by atoms with Crippen LogP contribution >= 0.6 is 15.9 Å². The van der Waals surface area contributed by atoms with Crippen LogP contribution in [0.3, 0.4) is 0 Å². The number of hydrogen-bond donors (Lipinski definition) is 2. The average Bonchev–Trinajstić information content (AvgIpc) is 3.14. The zero-order valence-corrected chi connectivity index (χ0v) is 17.4. The molecule has 0 radical (unpaired) electrons. The van der Waals surface area contributed by atoms with Gasteiger partial charge in [-0.15, -0.1) is 5.10 Å². The van der Waals surface area contributed by atoms with E-state index in [9.17, 15) is 23.8 Å². The highest BCUT2D eigenvalue weighted by Gasteiger charge is 2.54. The molecule has 2 saturated heterocycles. The first-order valence-electron chi connectivity index (χ1n) is 9.02. The second-order valence-electron chi connectivity index (χ2n) is 7.55. The van der Waals surface area contributed by atoms with Gasteiger partial charge in [0.25, 0.3) is 0 Å². The van der Waals surface area contributed by atoms with E-state index in [-0.39, 0.29) is 22.3 Å². The minimum atomic E-state index is -1.54. The highest BCUT2D eigenvalue weighted by Crippen LogP contribution is 2.38. The third-order valence-corrected chi connectivity index (χ3v) is 5.80. The van der Waals surface area contributed by atoms with E-state index in [1.807, 2.05) is 0 Å². The molecule has 30 heavy (non-hydrogen) atoms. The summed E-state index contributed by atoms with van der Waals surface area (Å²) in [5, 5.41) is 28.1. The van der Waals surface area contributed by atoms with Crippen LogP contribution in [0.1, 0.15) is 19.9 Å². The van der Waals surface area contributed by atoms with E-state index >= 15 is 0 Å². The number of carboxylic acid groups (broad SMARTS) is 1. The lowest BCUT2D eigenvalue weighted by Gasteiger charge is -2.49. The van der Waals surface area contributed by atoms with Crippen LogP contribution in [0, 0.1) is 11.6 Å². The van der Waals surface area contributed by atoms with Crippen molar-refractivity contribution in [3.8, 4) is 11.3 Å². The quantitative estimate of drug-likeness (QED) is 0.627. The van der Waals surface area contributed by atoms with E-state index in [4.69, 9.17) is 14.2 Å². The number of nitrogens with zero attached hydrogens (tertiary/aromatic N) is 3. The molecule has 2 aliphatic rings. The average molecular weight is 490 g/mol. The first kappa shape index (κ1) is 21.2. The second kappa shape index (κ2) is 7.61. The van der Waals surface area contributed by atoms with Crippen molar-refractivity contribution in [3.63, 3.8) is 0 Å². The number of fused-ring (bicyclic) bond motifs is 1. The number of carboxylic acids is 1. The van der Waals surface area contributed by atoms with E-state index in [0.29, 0.717) is 0 Å². The predicted octanol–water partition coefficient (Wildman–Crippen LogP) is 1.89. The molecule has 0 unspecified atom stereocenters. The van der Waals surface area contributed by atoms with Crippen molar-refractivity contribution in [2.24, 2.45) is 0 Å². The highest BCUT2D eigenvalue weighted by molar-refractivity contribution is 9.10. The number of hydrogen-bond acceptors (Lipinski definition) is 7. The van der Waals surface area contributed by atoms with Crippen molar-refractivity contribution in [1.82, 2.24) is 15.0 Å². The van der Waals surface area contributed by atoms with Crippen molar-refractivity contribution >= 4 is 21.9 Å². The molecule has 0 bridgehead atoms. The molecule has 2 fully saturated rings. The molecule has 0 amide bonds. The molecule has 162 valence electrons. The summed E-state index contributed by atoms with van der Waals surface area (Å²) in [4.78, 5) is 11.6. The Bertz CT molecular complexity index is 964. The summed E-state index contributed by atoms with van der Waals surface area (Å²) in [6.45, 7) is 3.40. The Morgan fingerprint density at radius 2 is 2.00 bits per heavy atom. The van der Waals surface area contributed by atoms with Crippen LogP contribution in [-0.4, -0.2) is 68.0 Å². The number of aliphatic carboxylic acids is 1. The molecule has 2 aliphatic heterocycles. The Morgan fingerprint density at radius 1 is 1.33 bits per heavy atom. The molecule has 2 N–H and O–H groups in total. The van der Waals surface area contributed by atoms with Crippen molar-refractivity contribution in [2.45, 2.75) is 50.1 Å². The van der Waals surface area contributed by atoms with Gasteiger partial charge in [-0.1, -0.05) is 5.21 Å². The van der Waals surface area contributed by atoms with Crippen molar-refractivity contribution in [3.05, 3.63) is 34.4 Å². The Labute approximate surface area is 177 Å². The lowest BCUT2D eigenvalue weighted by atomic mass is 9.91. The maximum absolute atomic E-state index is 13.9. The standard InChI is InChI=1S/C18H18BrF2N3O6/c1-18(2)28-6-11-15(30-18)13(14(25)16(29-11)17(26)27)24-5-10(22-23-24)7-3-8(20)12(19)9(21)4-7/h3-5,11,13-16,25H,6H2,1-2H3,(H,26,27)/t11-,13-,14-,15+,16-/m1/s1. The van der Waals surface area contributed by atoms with Gasteiger partial charge in [0.05, 0.1) is 17.3 Å². The maximum atomic E-state index is 13.9. The predicted molar refractivity (Wildman–Crippen MR) is 99.3 cm³/mol. The highest BCUT2D eigenvalue weighted by atomic mass is 79.9. The summed E-state index contributed by atoms with van der Waals surface area (Å²) in [7, 11) is 0. The summed E-state index contributed by atoms with van der Waals surface area (Å²) in [6, 6.07) is 1.18. The zero-order chi connectivity index (χ0) is 21.8. The molecule has 2 aromatic rings. The smallest absolute Gasteiger partial charge is 0.335 e. The number of aliphatic hydroxyl groups excluding tert-OH is 1. The monoisotopic (exact) mass is 489 g/mol. The van der Waals surface area contributed by atoms with Crippen LogP contribution in [-0.2, 0) is 19.0 Å². The van der Waals surface area contributed by atoms with Gasteiger partial charge < -0.3 is 24.4 Å². The van der Waals surface area contributed by atoms with Gasteiger partial charge in [-0.05, 0) is 41.9 Å². The zero-order valence-electron chi connectivity index (χ0n) is 15.8. The summed E-state index contributed by atoms with van der Waals surface area (Å²) < 4.78 is 45.6. The van der Waals surface area contributed by atoms with Gasteiger partial charge in [-0.3, -0.25) is 0 Å². The minimum absolute atomic E-state index is 0.0509. The van der Waals surface area contributed by atoms with Crippen molar-refractivity contribution in [2.75, 3.05) is 6.61 Å². The molecular weight excluding hydrogens is 472 g/mol. The van der Waals surface area contributed by atoms with E-state index in [0.717, 1.165) is 12.1 Å². The summed E-state index contributed by atoms with van der Waals surface area (Å²) in [5.41, 5.74) is 0.259.